The van der Waals surface area contributed by atoms with Gasteiger partial charge in [-0.05, 0) is 24.6 Å². The molecule has 0 atom stereocenters. The Kier molecular flexibility index (Phi) is 5.65. The number of H-pyrrole nitrogens is 2. The third kappa shape index (κ3) is 4.27. The van der Waals surface area contributed by atoms with Gasteiger partial charge in [-0.3, -0.25) is 14.6 Å². The van der Waals surface area contributed by atoms with Crippen LogP contribution in [0.1, 0.15) is 45.7 Å². The number of aromatic amines is 2. The smallest absolute Gasteiger partial charge is 0.172 e. The van der Waals surface area contributed by atoms with Crippen molar-refractivity contribution < 1.29 is 14.3 Å². The van der Waals surface area contributed by atoms with Crippen LogP contribution >= 0.6 is 0 Å². The predicted molar refractivity (Wildman–Crippen MR) is 111 cm³/mol. The first-order valence-corrected chi connectivity index (χ1v) is 9.74. The summed E-state index contributed by atoms with van der Waals surface area (Å²) in [5, 5.41) is 0. The maximum atomic E-state index is 12.7. The van der Waals surface area contributed by atoms with Gasteiger partial charge in [-0.1, -0.05) is 13.0 Å². The third-order valence-electron chi connectivity index (χ3n) is 4.58. The van der Waals surface area contributed by atoms with Gasteiger partial charge in [0.1, 0.15) is 17.4 Å². The molecule has 30 heavy (non-hydrogen) atoms. The fourth-order valence-corrected chi connectivity index (χ4v) is 3.16. The van der Waals surface area contributed by atoms with Crippen LogP contribution in [0.15, 0.2) is 49.1 Å². The molecular formula is C22H21N5O3. The Bertz CT molecular complexity index is 1180. The molecule has 0 radical (unpaired) electrons. The number of aromatic nitrogens is 5. The average molecular weight is 403 g/mol. The largest absolute Gasteiger partial charge is 0.492 e. The number of nitrogens with one attached hydrogen (secondary N) is 2. The second kappa shape index (κ2) is 8.69. The number of carbonyl (C=O) groups is 2. The van der Waals surface area contributed by atoms with Gasteiger partial charge < -0.3 is 14.7 Å². The van der Waals surface area contributed by atoms with Crippen molar-refractivity contribution in [3.63, 3.8) is 0 Å². The van der Waals surface area contributed by atoms with Crippen LogP contribution in [-0.4, -0.2) is 43.1 Å². The van der Waals surface area contributed by atoms with Crippen LogP contribution in [0.3, 0.4) is 0 Å². The normalized spacial score (nSPS) is 11.0. The van der Waals surface area contributed by atoms with Crippen LogP contribution in [0.5, 0.6) is 5.75 Å². The minimum absolute atomic E-state index is 0.0689. The number of Topliss-reactive ketones (excluding diaryl/α,β-unsaturated/α-hetero) is 2. The van der Waals surface area contributed by atoms with Crippen LogP contribution in [0.25, 0.3) is 11.0 Å². The maximum absolute atomic E-state index is 12.7. The van der Waals surface area contributed by atoms with Gasteiger partial charge >= 0.3 is 0 Å². The SMILES string of the molecule is CCCOc1cncc(C(=O)Cc2nc3c(C(=O)Cc4ncc[nH]4)cccc3[nH]2)c1. The van der Waals surface area contributed by atoms with Crippen molar-refractivity contribution in [2.45, 2.75) is 26.2 Å². The second-order valence-corrected chi connectivity index (χ2v) is 6.88. The maximum Gasteiger partial charge on any atom is 0.172 e. The average Bonchev–Trinajstić information content (AvgIpc) is 3.41. The number of para-hydroxylation sites is 1. The van der Waals surface area contributed by atoms with Gasteiger partial charge in [-0.15, -0.1) is 0 Å². The molecule has 0 saturated heterocycles. The van der Waals surface area contributed by atoms with E-state index in [-0.39, 0.29) is 24.4 Å². The lowest BCUT2D eigenvalue weighted by Gasteiger charge is -2.05. The zero-order valence-corrected chi connectivity index (χ0v) is 16.5. The lowest BCUT2D eigenvalue weighted by Crippen LogP contribution is -2.07. The van der Waals surface area contributed by atoms with Crippen molar-refractivity contribution in [2.24, 2.45) is 0 Å². The summed E-state index contributed by atoms with van der Waals surface area (Å²) >= 11 is 0. The molecule has 3 aromatic heterocycles. The van der Waals surface area contributed by atoms with Crippen LogP contribution < -0.4 is 4.74 Å². The van der Waals surface area contributed by atoms with E-state index in [0.717, 1.165) is 6.42 Å². The quantitative estimate of drug-likeness (QED) is 0.415. The fourth-order valence-electron chi connectivity index (χ4n) is 3.16. The van der Waals surface area contributed by atoms with Crippen LogP contribution in [-0.2, 0) is 12.8 Å². The lowest BCUT2D eigenvalue weighted by atomic mass is 10.1. The Hall–Kier alpha value is -3.81. The van der Waals surface area contributed by atoms with Gasteiger partial charge in [0.25, 0.3) is 0 Å². The van der Waals surface area contributed by atoms with E-state index in [4.69, 9.17) is 4.74 Å². The Balaban J connectivity index is 1.54. The molecule has 0 aliphatic rings. The number of imidazole rings is 2. The lowest BCUT2D eigenvalue weighted by molar-refractivity contribution is 0.0984. The predicted octanol–water partition coefficient (Wildman–Crippen LogP) is 3.32. The first-order valence-electron chi connectivity index (χ1n) is 9.74. The first-order chi connectivity index (χ1) is 14.6. The van der Waals surface area contributed by atoms with Crippen LogP contribution in [0, 0.1) is 0 Å². The van der Waals surface area contributed by atoms with Crippen molar-refractivity contribution >= 4 is 22.6 Å². The summed E-state index contributed by atoms with van der Waals surface area (Å²) in [4.78, 5) is 44.2. The van der Waals surface area contributed by atoms with Gasteiger partial charge in [0.05, 0.1) is 36.7 Å². The highest BCUT2D eigenvalue weighted by Crippen LogP contribution is 2.20. The summed E-state index contributed by atoms with van der Waals surface area (Å²) in [5.41, 5.74) is 2.21. The Morgan fingerprint density at radius 2 is 1.97 bits per heavy atom. The molecule has 0 bridgehead atoms. The molecule has 1 aromatic carbocycles. The number of fused-ring (bicyclic) bond motifs is 1. The highest BCUT2D eigenvalue weighted by molar-refractivity contribution is 6.07. The molecule has 4 aromatic rings. The number of carbonyl (C=O) groups excluding carboxylic acids is 2. The van der Waals surface area contributed by atoms with Crippen molar-refractivity contribution in [3.05, 3.63) is 71.8 Å². The highest BCUT2D eigenvalue weighted by Gasteiger charge is 2.17. The minimum atomic E-state index is -0.132. The number of rotatable bonds is 9. The van der Waals surface area contributed by atoms with Crippen molar-refractivity contribution in [3.8, 4) is 5.75 Å². The van der Waals surface area contributed by atoms with E-state index in [1.165, 1.54) is 6.20 Å². The molecule has 8 heteroatoms. The van der Waals surface area contributed by atoms with E-state index in [0.29, 0.717) is 46.2 Å². The van der Waals surface area contributed by atoms with E-state index < -0.39 is 0 Å². The van der Waals surface area contributed by atoms with E-state index in [9.17, 15) is 9.59 Å². The number of nitrogens with zero attached hydrogens (tertiary/aromatic N) is 3. The van der Waals surface area contributed by atoms with E-state index in [1.54, 1.807) is 36.8 Å². The first kappa shape index (κ1) is 19.5. The number of hydrogen-bond acceptors (Lipinski definition) is 6. The number of ether oxygens (including phenoxy) is 1. The van der Waals surface area contributed by atoms with Gasteiger partial charge in [-0.2, -0.15) is 0 Å². The molecular weight excluding hydrogens is 382 g/mol. The summed E-state index contributed by atoms with van der Waals surface area (Å²) in [6, 6.07) is 7.05. The highest BCUT2D eigenvalue weighted by atomic mass is 16.5. The van der Waals surface area contributed by atoms with E-state index in [2.05, 4.69) is 24.9 Å². The summed E-state index contributed by atoms with van der Waals surface area (Å²) in [6.07, 6.45) is 7.49. The molecule has 0 amide bonds. The topological polar surface area (TPSA) is 114 Å². The molecule has 0 unspecified atom stereocenters. The Morgan fingerprint density at radius 1 is 1.10 bits per heavy atom. The molecule has 0 spiro atoms. The molecule has 3 heterocycles. The number of hydrogen-bond donors (Lipinski definition) is 2. The Morgan fingerprint density at radius 3 is 2.77 bits per heavy atom. The van der Waals surface area contributed by atoms with Gasteiger partial charge in [0.2, 0.25) is 0 Å². The summed E-state index contributed by atoms with van der Waals surface area (Å²) in [7, 11) is 0. The molecule has 0 aliphatic heterocycles. The number of ketones is 2. The molecule has 8 nitrogen and oxygen atoms in total. The molecule has 0 aliphatic carbocycles. The summed E-state index contributed by atoms with van der Waals surface area (Å²) in [6.45, 7) is 2.58. The van der Waals surface area contributed by atoms with Crippen LogP contribution in [0.4, 0.5) is 0 Å². The molecule has 152 valence electrons. The number of pyridine rings is 1. The van der Waals surface area contributed by atoms with E-state index >= 15 is 0 Å². The van der Waals surface area contributed by atoms with Crippen molar-refractivity contribution in [2.75, 3.05) is 6.61 Å². The summed E-state index contributed by atoms with van der Waals surface area (Å²) < 4.78 is 5.55. The summed E-state index contributed by atoms with van der Waals surface area (Å²) in [5.74, 6) is 1.43. The molecule has 0 saturated carbocycles. The van der Waals surface area contributed by atoms with Crippen molar-refractivity contribution in [1.29, 1.82) is 0 Å². The van der Waals surface area contributed by atoms with Gasteiger partial charge in [0.15, 0.2) is 11.6 Å². The zero-order chi connectivity index (χ0) is 20.9. The third-order valence-corrected chi connectivity index (χ3v) is 4.58. The molecule has 2 N–H and O–H groups in total. The van der Waals surface area contributed by atoms with Gasteiger partial charge in [-0.25, -0.2) is 9.97 Å². The minimum Gasteiger partial charge on any atom is -0.492 e. The molecule has 0 fully saturated rings. The van der Waals surface area contributed by atoms with Crippen molar-refractivity contribution in [1.82, 2.24) is 24.9 Å². The van der Waals surface area contributed by atoms with Gasteiger partial charge in [0, 0.05) is 29.7 Å². The van der Waals surface area contributed by atoms with E-state index in [1.807, 2.05) is 13.0 Å². The molecule has 4 rings (SSSR count). The standard InChI is InChI=1S/C22H21N5O3/c1-2-8-30-15-9-14(12-23-13-15)18(28)10-21-26-17-5-3-4-16(22(17)27-21)19(29)11-20-24-6-7-25-20/h3-7,9,12-13H,2,8,10-11H2,1H3,(H,24,25)(H,26,27). The second-order valence-electron chi connectivity index (χ2n) is 6.88. The van der Waals surface area contributed by atoms with Crippen LogP contribution in [0.2, 0.25) is 0 Å². The fraction of sp³-hybridized carbons (Fsp3) is 0.227. The number of benzene rings is 1. The zero-order valence-electron chi connectivity index (χ0n) is 16.5. The monoisotopic (exact) mass is 403 g/mol. The Labute approximate surface area is 172 Å².